The predicted molar refractivity (Wildman–Crippen MR) is 111 cm³/mol. The van der Waals surface area contributed by atoms with Crippen LogP contribution in [0, 0.1) is 0 Å². The lowest BCUT2D eigenvalue weighted by Crippen LogP contribution is -2.28. The van der Waals surface area contributed by atoms with Crippen LogP contribution in [0.1, 0.15) is 37.1 Å². The molecule has 0 bridgehead atoms. The summed E-state index contributed by atoms with van der Waals surface area (Å²) in [5.41, 5.74) is 1.98. The second-order valence-corrected chi connectivity index (χ2v) is 8.23. The quantitative estimate of drug-likeness (QED) is 0.524. The minimum absolute atomic E-state index is 0.165. The maximum Gasteiger partial charge on any atom is 0.156 e. The number of fused-ring (bicyclic) bond motifs is 1. The first kappa shape index (κ1) is 18.1. The molecule has 4 aromatic heterocycles. The van der Waals surface area contributed by atoms with Crippen LogP contribution in [0.2, 0.25) is 0 Å². The zero-order valence-corrected chi connectivity index (χ0v) is 16.6. The number of nitrogens with zero attached hydrogens (tertiary/aromatic N) is 6. The Bertz CT molecular complexity index is 1100. The molecule has 148 valence electrons. The average molecular weight is 408 g/mol. The fraction of sp³-hybridized carbons (Fsp3) is 0.350. The summed E-state index contributed by atoms with van der Waals surface area (Å²) in [4.78, 5) is 17.7. The van der Waals surface area contributed by atoms with Crippen molar-refractivity contribution in [1.29, 1.82) is 0 Å². The van der Waals surface area contributed by atoms with Crippen LogP contribution in [-0.2, 0) is 6.42 Å². The first-order chi connectivity index (χ1) is 14.2. The molecule has 1 fully saturated rings. The molecule has 4 aromatic rings. The van der Waals surface area contributed by atoms with Gasteiger partial charge in [-0.1, -0.05) is 0 Å². The van der Waals surface area contributed by atoms with E-state index in [1.54, 1.807) is 22.2 Å². The maximum atomic E-state index is 9.76. The van der Waals surface area contributed by atoms with Crippen LogP contribution in [-0.4, -0.2) is 47.0 Å². The second kappa shape index (κ2) is 7.84. The molecule has 0 spiro atoms. The van der Waals surface area contributed by atoms with Gasteiger partial charge in [0.2, 0.25) is 0 Å². The van der Waals surface area contributed by atoms with Crippen molar-refractivity contribution < 1.29 is 5.11 Å². The molecule has 1 saturated carbocycles. The Morgan fingerprint density at radius 2 is 2.07 bits per heavy atom. The van der Waals surface area contributed by atoms with E-state index >= 15 is 0 Å². The number of thiophene rings is 1. The van der Waals surface area contributed by atoms with Gasteiger partial charge in [-0.2, -0.15) is 5.10 Å². The van der Waals surface area contributed by atoms with E-state index in [1.807, 2.05) is 29.9 Å². The lowest BCUT2D eigenvalue weighted by Gasteiger charge is -2.26. The minimum Gasteiger partial charge on any atom is -0.393 e. The third-order valence-electron chi connectivity index (χ3n) is 5.19. The summed E-state index contributed by atoms with van der Waals surface area (Å²) in [6.07, 6.45) is 11.0. The van der Waals surface area contributed by atoms with Crippen LogP contribution < -0.4 is 5.32 Å². The van der Waals surface area contributed by atoms with E-state index in [2.05, 4.69) is 20.4 Å². The second-order valence-electron chi connectivity index (χ2n) is 7.31. The van der Waals surface area contributed by atoms with Crippen LogP contribution in [0.5, 0.6) is 0 Å². The van der Waals surface area contributed by atoms with Crippen LogP contribution >= 0.6 is 11.3 Å². The largest absolute Gasteiger partial charge is 0.393 e. The number of anilines is 1. The van der Waals surface area contributed by atoms with Gasteiger partial charge in [0.25, 0.3) is 0 Å². The van der Waals surface area contributed by atoms with E-state index in [-0.39, 0.29) is 6.10 Å². The van der Waals surface area contributed by atoms with E-state index < -0.39 is 0 Å². The molecule has 2 N–H and O–H groups in total. The molecule has 0 aromatic carbocycles. The standard InChI is InChI=1S/C20H21N7OS/c28-15-3-1-14(2-4-15)24-20-19-16(6-8-29-19)25-17(26-20)9-13-10-23-27(11-13)18-5-7-21-12-22-18/h5-8,10-12,14-15,28H,1-4,9H2,(H,24,25,26). The van der Waals surface area contributed by atoms with Crippen molar-refractivity contribution in [2.75, 3.05) is 5.32 Å². The molecule has 4 heterocycles. The molecule has 0 atom stereocenters. The van der Waals surface area contributed by atoms with Crippen molar-refractivity contribution in [3.63, 3.8) is 0 Å². The molecule has 1 aliphatic rings. The molecular weight excluding hydrogens is 386 g/mol. The number of rotatable bonds is 5. The smallest absolute Gasteiger partial charge is 0.156 e. The monoisotopic (exact) mass is 407 g/mol. The molecule has 0 radical (unpaired) electrons. The van der Waals surface area contributed by atoms with Crippen molar-refractivity contribution in [3.05, 3.63) is 53.8 Å². The van der Waals surface area contributed by atoms with Gasteiger partial charge in [0, 0.05) is 30.9 Å². The highest BCUT2D eigenvalue weighted by Gasteiger charge is 2.21. The number of hydrogen-bond donors (Lipinski definition) is 2. The molecule has 9 heteroatoms. The van der Waals surface area contributed by atoms with Gasteiger partial charge < -0.3 is 10.4 Å². The number of nitrogens with one attached hydrogen (secondary N) is 1. The van der Waals surface area contributed by atoms with Crippen molar-refractivity contribution >= 4 is 27.4 Å². The summed E-state index contributed by atoms with van der Waals surface area (Å²) in [6.45, 7) is 0. The zero-order chi connectivity index (χ0) is 19.6. The van der Waals surface area contributed by atoms with Crippen molar-refractivity contribution in [3.8, 4) is 5.82 Å². The Labute approximate surface area is 171 Å². The summed E-state index contributed by atoms with van der Waals surface area (Å²) < 4.78 is 2.81. The van der Waals surface area contributed by atoms with Gasteiger partial charge in [-0.05, 0) is 42.7 Å². The van der Waals surface area contributed by atoms with Crippen LogP contribution in [0.15, 0.2) is 42.4 Å². The first-order valence-corrected chi connectivity index (χ1v) is 10.6. The molecular formula is C20H21N7OS. The number of hydrogen-bond acceptors (Lipinski definition) is 8. The maximum absolute atomic E-state index is 9.76. The number of aliphatic hydroxyl groups is 1. The SMILES string of the molecule is OC1CCC(Nc2nc(Cc3cnn(-c4ccncn4)c3)nc3ccsc23)CC1. The van der Waals surface area contributed by atoms with Crippen LogP contribution in [0.3, 0.4) is 0 Å². The van der Waals surface area contributed by atoms with Gasteiger partial charge in [0.1, 0.15) is 18.0 Å². The van der Waals surface area contributed by atoms with E-state index in [4.69, 9.17) is 9.97 Å². The predicted octanol–water partition coefficient (Wildman–Crippen LogP) is 2.97. The molecule has 5 rings (SSSR count). The Morgan fingerprint density at radius 1 is 1.17 bits per heavy atom. The van der Waals surface area contributed by atoms with Crippen molar-refractivity contribution in [1.82, 2.24) is 29.7 Å². The molecule has 1 aliphatic carbocycles. The van der Waals surface area contributed by atoms with Gasteiger partial charge in [-0.3, -0.25) is 0 Å². The van der Waals surface area contributed by atoms with E-state index in [0.717, 1.165) is 58.9 Å². The van der Waals surface area contributed by atoms with Crippen LogP contribution in [0.4, 0.5) is 5.82 Å². The van der Waals surface area contributed by atoms with E-state index in [1.165, 1.54) is 6.33 Å². The molecule has 8 nitrogen and oxygen atoms in total. The lowest BCUT2D eigenvalue weighted by atomic mass is 9.93. The summed E-state index contributed by atoms with van der Waals surface area (Å²) in [6, 6.07) is 4.19. The third-order valence-corrected chi connectivity index (χ3v) is 6.10. The van der Waals surface area contributed by atoms with Crippen molar-refractivity contribution in [2.45, 2.75) is 44.2 Å². The van der Waals surface area contributed by atoms with E-state index in [9.17, 15) is 5.11 Å². The molecule has 0 saturated heterocycles. The number of aromatic nitrogens is 6. The average Bonchev–Trinajstić information content (AvgIpc) is 3.40. The normalized spacial score (nSPS) is 19.5. The lowest BCUT2D eigenvalue weighted by molar-refractivity contribution is 0.126. The summed E-state index contributed by atoms with van der Waals surface area (Å²) in [5, 5.41) is 19.8. The fourth-order valence-corrected chi connectivity index (χ4v) is 4.46. The highest BCUT2D eigenvalue weighted by atomic mass is 32.1. The summed E-state index contributed by atoms with van der Waals surface area (Å²) >= 11 is 1.65. The Balaban J connectivity index is 1.39. The van der Waals surface area contributed by atoms with Gasteiger partial charge in [-0.15, -0.1) is 11.3 Å². The molecule has 0 aliphatic heterocycles. The van der Waals surface area contributed by atoms with Crippen molar-refractivity contribution in [2.24, 2.45) is 0 Å². The van der Waals surface area contributed by atoms with Gasteiger partial charge in [-0.25, -0.2) is 24.6 Å². The Hall–Kier alpha value is -2.91. The summed E-state index contributed by atoms with van der Waals surface area (Å²) in [5.74, 6) is 2.38. The highest BCUT2D eigenvalue weighted by molar-refractivity contribution is 7.17. The summed E-state index contributed by atoms with van der Waals surface area (Å²) in [7, 11) is 0. The Kier molecular flexibility index (Phi) is 4.91. The van der Waals surface area contributed by atoms with E-state index in [0.29, 0.717) is 12.5 Å². The topological polar surface area (TPSA) is 102 Å². The molecule has 29 heavy (non-hydrogen) atoms. The minimum atomic E-state index is -0.165. The van der Waals surface area contributed by atoms with Gasteiger partial charge in [0.15, 0.2) is 5.82 Å². The molecule has 0 amide bonds. The third kappa shape index (κ3) is 3.96. The first-order valence-electron chi connectivity index (χ1n) is 9.73. The Morgan fingerprint density at radius 3 is 2.90 bits per heavy atom. The molecule has 0 unspecified atom stereocenters. The highest BCUT2D eigenvalue weighted by Crippen LogP contribution is 2.29. The fourth-order valence-electron chi connectivity index (χ4n) is 3.68. The van der Waals surface area contributed by atoms with Crippen LogP contribution in [0.25, 0.3) is 16.0 Å². The number of aliphatic hydroxyl groups excluding tert-OH is 1. The van der Waals surface area contributed by atoms with Gasteiger partial charge >= 0.3 is 0 Å². The van der Waals surface area contributed by atoms with Gasteiger partial charge in [0.05, 0.1) is 22.5 Å². The zero-order valence-electron chi connectivity index (χ0n) is 15.8.